The van der Waals surface area contributed by atoms with Crippen molar-refractivity contribution >= 4 is 87.8 Å². The fraction of sp³-hybridized carbons (Fsp3) is 0.0556. The second-order valence-corrected chi connectivity index (χ2v) is 40.6. The van der Waals surface area contributed by atoms with E-state index in [1.165, 1.54) is 0 Å². The van der Waals surface area contributed by atoms with E-state index in [1.807, 2.05) is 142 Å². The SMILES string of the molecule is Cc1cncc(-c2ccc3c(c2)-c2ccccc2P2(=O)c4ccccc4-c4cc(-c5cncc(Cc6cncc(-c7ccc8c(c7)-c7ccccc7P7(=O)c9ccccc9-c9cc(-c%10cncc(Cc%11cc(-c%12ccc%13c(c%12)-c%12ccccc%12P%12(=O)c%14ccccc%14-c%14cc(-c%15ccnc(C)c%15)ccc%14N%13%12)ccn%11)c%10C)ccc9N87)c6C)c5)ccc4N32)c1. The molecule has 12 nitrogen and oxygen atoms in total. The maximum Gasteiger partial charge on any atom is 0.235 e. The van der Waals surface area contributed by atoms with Crippen molar-refractivity contribution in [3.05, 3.63) is 398 Å². The van der Waals surface area contributed by atoms with Gasteiger partial charge in [-0.2, -0.15) is 0 Å². The van der Waals surface area contributed by atoms with Gasteiger partial charge in [-0.05, 0) is 285 Å². The zero-order valence-corrected chi connectivity index (χ0v) is 70.2. The quantitative estimate of drug-likeness (QED) is 0.120. The summed E-state index contributed by atoms with van der Waals surface area (Å²) in [4.78, 5) is 28.8. The van der Waals surface area contributed by atoms with E-state index in [0.717, 1.165) is 244 Å². The van der Waals surface area contributed by atoms with E-state index in [4.69, 9.17) is 19.9 Å². The average Bonchev–Trinajstić information content (AvgIpc) is 0.695. The minimum atomic E-state index is -3.56. The molecule has 0 bridgehead atoms. The number of hydrogen-bond acceptors (Lipinski definition) is 9. The summed E-state index contributed by atoms with van der Waals surface area (Å²) in [7, 11) is -10.4. The minimum Gasteiger partial charge on any atom is -0.289 e. The highest BCUT2D eigenvalue weighted by Gasteiger charge is 2.51. The molecule has 12 heterocycles. The van der Waals surface area contributed by atoms with Crippen LogP contribution in [0.25, 0.3) is 134 Å². The molecule has 6 aromatic heterocycles. The monoisotopic (exact) mass is 1640 g/mol. The van der Waals surface area contributed by atoms with Crippen molar-refractivity contribution in [1.82, 2.24) is 29.9 Å². The Hall–Kier alpha value is -14.4. The van der Waals surface area contributed by atoms with Gasteiger partial charge >= 0.3 is 0 Å². The van der Waals surface area contributed by atoms with E-state index >= 15 is 13.7 Å². The zero-order chi connectivity index (χ0) is 82.3. The molecule has 6 aliphatic heterocycles. The summed E-state index contributed by atoms with van der Waals surface area (Å²) < 4.78 is 56.3. The van der Waals surface area contributed by atoms with E-state index < -0.39 is 21.9 Å². The first kappa shape index (κ1) is 72.6. The molecule has 6 aliphatic rings. The maximum atomic E-state index is 17.0. The molecule has 0 spiro atoms. The zero-order valence-electron chi connectivity index (χ0n) is 67.5. The van der Waals surface area contributed by atoms with E-state index in [2.05, 4.69) is 263 Å². The summed E-state index contributed by atoms with van der Waals surface area (Å²) in [5.41, 5.74) is 37.8. The van der Waals surface area contributed by atoms with Crippen LogP contribution in [0.1, 0.15) is 44.8 Å². The Balaban J connectivity index is 0.529. The van der Waals surface area contributed by atoms with E-state index in [0.29, 0.717) is 12.8 Å². The third kappa shape index (κ3) is 10.9. The molecule has 0 saturated carbocycles. The Morgan fingerprint density at radius 3 is 0.935 bits per heavy atom. The molecule has 0 fully saturated rings. The molecular formula is C108H74N9O3P3. The lowest BCUT2D eigenvalue weighted by Gasteiger charge is -2.44. The van der Waals surface area contributed by atoms with Crippen LogP contribution in [0.3, 0.4) is 0 Å². The Morgan fingerprint density at radius 2 is 0.553 bits per heavy atom. The van der Waals surface area contributed by atoms with Crippen LogP contribution < -0.4 is 45.8 Å². The second-order valence-electron chi connectivity index (χ2n) is 33.0. The number of aromatic nitrogens is 6. The van der Waals surface area contributed by atoms with Crippen molar-refractivity contribution in [2.45, 2.75) is 40.5 Å². The lowest BCUT2D eigenvalue weighted by atomic mass is 9.91. The van der Waals surface area contributed by atoms with Crippen molar-refractivity contribution in [1.29, 1.82) is 0 Å². The fourth-order valence-corrected chi connectivity index (χ4v) is 30.0. The molecule has 18 aromatic rings. The van der Waals surface area contributed by atoms with Crippen molar-refractivity contribution in [2.24, 2.45) is 0 Å². The topological polar surface area (TPSA) is 138 Å². The van der Waals surface area contributed by atoms with E-state index in [-0.39, 0.29) is 0 Å². The molecule has 15 heteroatoms. The van der Waals surface area contributed by atoms with Gasteiger partial charge in [0.15, 0.2) is 0 Å². The number of anilines is 6. The van der Waals surface area contributed by atoms with Crippen molar-refractivity contribution in [2.75, 3.05) is 14.0 Å². The standard InChI is InChI=1S/C108H74N9O3P3/c1-65-45-80(61-109-57-65)72-31-37-99-91(53-72)85-19-7-13-25-105(85)122(119)106-26-14-8-20-86(106)92-54-73(32-38-100(92)116(99)122)81-48-69(58-110-62-81)47-78-59-111-63-95(67(78)3)76-33-39-101-93(55-76)87-21-9-15-27-107(87)123(120)108-28-16-10-22-88(108)94-56-77(34-40-102(94)117(101)123)96-64-112-60-79(68(96)4)50-82-49-75(42-44-114-82)71-30-36-98-90(52-71)84-18-6-12-24-104(84)121(118)103-23-11-5-17-83(103)89-51-70(29-35-97(89)115(98)121)74-41-43-113-66(2)46-74/h5-46,48-49,51-64H,47,50H2,1-4H3. The van der Waals surface area contributed by atoms with Gasteiger partial charge in [0.25, 0.3) is 0 Å². The molecule has 584 valence electrons. The van der Waals surface area contributed by atoms with Crippen molar-refractivity contribution in [3.63, 3.8) is 0 Å². The van der Waals surface area contributed by atoms with Crippen molar-refractivity contribution in [3.8, 4) is 134 Å². The van der Waals surface area contributed by atoms with Crippen LogP contribution in [0.15, 0.2) is 353 Å². The van der Waals surface area contributed by atoms with Crippen LogP contribution >= 0.6 is 21.9 Å². The summed E-state index contributed by atoms with van der Waals surface area (Å²) >= 11 is 0. The first-order valence-electron chi connectivity index (χ1n) is 41.5. The van der Waals surface area contributed by atoms with Crippen molar-refractivity contribution < 1.29 is 13.7 Å². The Labute approximate surface area is 712 Å². The van der Waals surface area contributed by atoms with Gasteiger partial charge in [0.2, 0.25) is 21.9 Å². The van der Waals surface area contributed by atoms with Gasteiger partial charge in [-0.15, -0.1) is 0 Å². The normalized spacial score (nSPS) is 16.5. The summed E-state index contributed by atoms with van der Waals surface area (Å²) in [6.45, 7) is 8.44. The predicted molar refractivity (Wildman–Crippen MR) is 502 cm³/mol. The molecule has 123 heavy (non-hydrogen) atoms. The largest absolute Gasteiger partial charge is 0.289 e. The minimum absolute atomic E-state index is 0.542. The summed E-state index contributed by atoms with van der Waals surface area (Å²) in [5, 5.41) is 4.89. The molecule has 0 N–H and O–H groups in total. The number of rotatable bonds is 10. The molecule has 3 atom stereocenters. The molecule has 0 saturated heterocycles. The van der Waals surface area contributed by atoms with Crippen LogP contribution in [-0.2, 0) is 26.5 Å². The number of aryl methyl sites for hydroxylation is 2. The smallest absolute Gasteiger partial charge is 0.235 e. The Bertz CT molecular complexity index is 7380. The van der Waals surface area contributed by atoms with Crippen LogP contribution in [0.4, 0.5) is 34.1 Å². The van der Waals surface area contributed by atoms with Crippen LogP contribution in [0.2, 0.25) is 0 Å². The second kappa shape index (κ2) is 27.6. The third-order valence-electron chi connectivity index (χ3n) is 26.1. The van der Waals surface area contributed by atoms with E-state index in [1.54, 1.807) is 0 Å². The predicted octanol–water partition coefficient (Wildman–Crippen LogP) is 24.6. The van der Waals surface area contributed by atoms with Crippen LogP contribution in [0, 0.1) is 27.7 Å². The Kier molecular flexibility index (Phi) is 16.3. The van der Waals surface area contributed by atoms with Gasteiger partial charge in [0, 0.05) is 174 Å². The summed E-state index contributed by atoms with van der Waals surface area (Å²) in [6.07, 6.45) is 20.4. The van der Waals surface area contributed by atoms with Gasteiger partial charge in [-0.25, -0.2) is 0 Å². The van der Waals surface area contributed by atoms with Crippen LogP contribution in [-0.4, -0.2) is 29.9 Å². The van der Waals surface area contributed by atoms with E-state index in [9.17, 15) is 0 Å². The average molecular weight is 1640 g/mol. The highest BCUT2D eigenvalue weighted by molar-refractivity contribution is 7.82. The number of hydrogen-bond donors (Lipinski definition) is 0. The third-order valence-corrected chi connectivity index (χ3v) is 35.3. The van der Waals surface area contributed by atoms with Gasteiger partial charge < -0.3 is 0 Å². The molecular weight excluding hydrogens is 1560 g/mol. The molecule has 0 aliphatic carbocycles. The number of fused-ring (bicyclic) bond motifs is 33. The lowest BCUT2D eigenvalue weighted by molar-refractivity contribution is 0.586. The molecule has 12 aromatic carbocycles. The number of benzene rings is 12. The maximum absolute atomic E-state index is 17.0. The molecule has 3 unspecified atom stereocenters. The highest BCUT2D eigenvalue weighted by Crippen LogP contribution is 2.70. The number of pyridine rings is 6. The molecule has 0 radical (unpaired) electrons. The fourth-order valence-electron chi connectivity index (χ4n) is 20.2. The van der Waals surface area contributed by atoms with Gasteiger partial charge in [-0.1, -0.05) is 146 Å². The Morgan fingerprint density at radius 1 is 0.244 bits per heavy atom. The van der Waals surface area contributed by atoms with Gasteiger partial charge in [0.05, 0.1) is 34.1 Å². The lowest BCUT2D eigenvalue weighted by Crippen LogP contribution is -2.37. The summed E-state index contributed by atoms with van der Waals surface area (Å²) in [6, 6.07) is 102. The summed E-state index contributed by atoms with van der Waals surface area (Å²) in [5.74, 6) is 0. The molecule has 24 rings (SSSR count). The first-order chi connectivity index (χ1) is 60.2. The van der Waals surface area contributed by atoms with Gasteiger partial charge in [0.1, 0.15) is 0 Å². The van der Waals surface area contributed by atoms with Crippen LogP contribution in [0.5, 0.6) is 0 Å². The first-order valence-corrected chi connectivity index (χ1v) is 46.5. The number of nitrogens with zero attached hydrogens (tertiary/aromatic N) is 9. The van der Waals surface area contributed by atoms with Gasteiger partial charge in [-0.3, -0.25) is 57.6 Å². The highest BCUT2D eigenvalue weighted by atomic mass is 31.2. The molecule has 0 amide bonds.